The minimum Gasteiger partial charge on any atom is -0.330 e. The molecule has 2 aromatic rings. The van der Waals surface area contributed by atoms with E-state index in [9.17, 15) is 13.0 Å². The largest absolute Gasteiger partial charge is 0.330 e. The summed E-state index contributed by atoms with van der Waals surface area (Å²) in [6.45, 7) is 2.26. The van der Waals surface area contributed by atoms with Crippen LogP contribution >= 0.6 is 12.2 Å². The average Bonchev–Trinajstić information content (AvgIpc) is 2.67. The molecule has 0 spiro atoms. The summed E-state index contributed by atoms with van der Waals surface area (Å²) in [4.78, 5) is 2.84. The van der Waals surface area contributed by atoms with Crippen LogP contribution < -0.4 is 0 Å². The Morgan fingerprint density at radius 2 is 2.16 bits per heavy atom. The molecule has 2 unspecified atom stereocenters. The van der Waals surface area contributed by atoms with Crippen LogP contribution in [0, 0.1) is 16.4 Å². The third kappa shape index (κ3) is 2.76. The van der Waals surface area contributed by atoms with Crippen LogP contribution in [-0.2, 0) is 17.3 Å². The van der Waals surface area contributed by atoms with Crippen LogP contribution in [-0.4, -0.2) is 25.3 Å². The molecule has 7 heteroatoms. The summed E-state index contributed by atoms with van der Waals surface area (Å²) >= 11 is 5.12. The molecule has 0 saturated carbocycles. The van der Waals surface area contributed by atoms with E-state index in [-0.39, 0.29) is 10.8 Å². The molecule has 1 aromatic carbocycles. The fourth-order valence-electron chi connectivity index (χ4n) is 1.88. The first kappa shape index (κ1) is 14.3. The fourth-order valence-corrected chi connectivity index (χ4v) is 2.61. The first-order valence-corrected chi connectivity index (χ1v) is 7.83. The first-order chi connectivity index (χ1) is 8.91. The highest BCUT2D eigenvalue weighted by molar-refractivity contribution is 7.84. The van der Waals surface area contributed by atoms with E-state index < -0.39 is 22.4 Å². The molecule has 19 heavy (non-hydrogen) atoms. The van der Waals surface area contributed by atoms with Crippen molar-refractivity contribution in [3.63, 3.8) is 0 Å². The number of rotatable bonds is 4. The number of imidazole rings is 1. The molecule has 104 valence electrons. The van der Waals surface area contributed by atoms with Crippen LogP contribution in [0.5, 0.6) is 0 Å². The van der Waals surface area contributed by atoms with Gasteiger partial charge in [0.2, 0.25) is 0 Å². The number of nitrogens with one attached hydrogen (secondary N) is 1. The topological polar surface area (TPSA) is 37.8 Å². The Balaban J connectivity index is 2.43. The van der Waals surface area contributed by atoms with Crippen molar-refractivity contribution < 1.29 is 13.0 Å². The Bertz CT molecular complexity index is 693. The third-order valence-electron chi connectivity index (χ3n) is 3.15. The van der Waals surface area contributed by atoms with Crippen LogP contribution in [0.4, 0.5) is 8.78 Å². The second-order valence-electron chi connectivity index (χ2n) is 4.44. The van der Waals surface area contributed by atoms with Gasteiger partial charge in [-0.2, -0.15) is 0 Å². The fraction of sp³-hybridized carbons (Fsp3) is 0.417. The lowest BCUT2D eigenvalue weighted by atomic mass is 10.2. The number of hydrogen-bond acceptors (Lipinski definition) is 2. The molecule has 2 rings (SSSR count). The molecule has 3 nitrogen and oxygen atoms in total. The minimum absolute atomic E-state index is 0.0246. The van der Waals surface area contributed by atoms with Crippen molar-refractivity contribution >= 4 is 34.1 Å². The Kier molecular flexibility index (Phi) is 4.15. The Labute approximate surface area is 117 Å². The van der Waals surface area contributed by atoms with E-state index in [0.717, 1.165) is 6.07 Å². The van der Waals surface area contributed by atoms with Gasteiger partial charge in [-0.3, -0.25) is 4.21 Å². The number of fused-ring (bicyclic) bond motifs is 1. The van der Waals surface area contributed by atoms with Gasteiger partial charge in [-0.15, -0.1) is 0 Å². The maximum atomic E-state index is 13.8. The van der Waals surface area contributed by atoms with Gasteiger partial charge in [0, 0.05) is 28.9 Å². The first-order valence-electron chi connectivity index (χ1n) is 5.80. The summed E-state index contributed by atoms with van der Waals surface area (Å²) < 4.78 is 40.3. The molecule has 1 aromatic heterocycles. The molecule has 0 aliphatic rings. The molecule has 0 bridgehead atoms. The summed E-state index contributed by atoms with van der Waals surface area (Å²) in [5.41, 5.74) is 0.605. The van der Waals surface area contributed by atoms with Gasteiger partial charge in [0.05, 0.1) is 5.52 Å². The molecule has 1 N–H and O–H groups in total. The van der Waals surface area contributed by atoms with Gasteiger partial charge in [-0.05, 0) is 30.8 Å². The lowest BCUT2D eigenvalue weighted by molar-refractivity contribution is 0.509. The van der Waals surface area contributed by atoms with Gasteiger partial charge in [-0.25, -0.2) is 8.78 Å². The molecule has 2 atom stereocenters. The monoisotopic (exact) mass is 304 g/mol. The zero-order valence-corrected chi connectivity index (χ0v) is 12.2. The third-order valence-corrected chi connectivity index (χ3v) is 4.84. The number of hydrogen-bond donors (Lipinski definition) is 1. The van der Waals surface area contributed by atoms with Crippen LogP contribution in [0.25, 0.3) is 11.0 Å². The van der Waals surface area contributed by atoms with E-state index in [1.165, 1.54) is 10.6 Å². The Morgan fingerprint density at radius 1 is 1.47 bits per heavy atom. The van der Waals surface area contributed by atoms with Crippen molar-refractivity contribution in [2.45, 2.75) is 25.1 Å². The second kappa shape index (κ2) is 5.50. The van der Waals surface area contributed by atoms with Gasteiger partial charge in [0.15, 0.2) is 16.4 Å². The van der Waals surface area contributed by atoms with E-state index in [1.54, 1.807) is 6.26 Å². The molecule has 1 heterocycles. The summed E-state index contributed by atoms with van der Waals surface area (Å²) in [7, 11) is -0.947. The quantitative estimate of drug-likeness (QED) is 0.881. The van der Waals surface area contributed by atoms with Crippen LogP contribution in [0.2, 0.25) is 0 Å². The summed E-state index contributed by atoms with van der Waals surface area (Å²) in [6.07, 6.45) is 2.21. The Hall–Kier alpha value is -1.08. The minimum atomic E-state index is -0.947. The van der Waals surface area contributed by atoms with Crippen LogP contribution in [0.3, 0.4) is 0 Å². The zero-order chi connectivity index (χ0) is 14.2. The van der Waals surface area contributed by atoms with Gasteiger partial charge in [0.1, 0.15) is 5.52 Å². The number of nitrogens with zero attached hydrogens (tertiary/aromatic N) is 1. The van der Waals surface area contributed by atoms with Crippen molar-refractivity contribution in [1.82, 2.24) is 9.55 Å². The maximum Gasteiger partial charge on any atom is 0.184 e. The molecule has 0 fully saturated rings. The Morgan fingerprint density at radius 3 is 2.79 bits per heavy atom. The lowest BCUT2D eigenvalue weighted by Crippen LogP contribution is -2.13. The van der Waals surface area contributed by atoms with Crippen molar-refractivity contribution in [2.24, 2.45) is 0 Å². The van der Waals surface area contributed by atoms with E-state index >= 15 is 0 Å². The highest BCUT2D eigenvalue weighted by Crippen LogP contribution is 2.21. The predicted octanol–water partition coefficient (Wildman–Crippen LogP) is 3.13. The lowest BCUT2D eigenvalue weighted by Gasteiger charge is -2.09. The average molecular weight is 304 g/mol. The van der Waals surface area contributed by atoms with Crippen LogP contribution in [0.1, 0.15) is 13.3 Å². The number of benzene rings is 1. The molecular formula is C12H14F2N2OS2. The van der Waals surface area contributed by atoms with Gasteiger partial charge in [-0.1, -0.05) is 6.92 Å². The van der Waals surface area contributed by atoms with Gasteiger partial charge in [0.25, 0.3) is 0 Å². The molecule has 0 aliphatic heterocycles. The van der Waals surface area contributed by atoms with E-state index in [1.807, 2.05) is 6.92 Å². The SMILES string of the molecule is CC(CCn1c(=S)[nH]c2ccc(F)c(F)c21)S(C)=O. The molecule has 0 saturated heterocycles. The molecule has 0 radical (unpaired) electrons. The summed E-state index contributed by atoms with van der Waals surface area (Å²) in [5.74, 6) is -1.81. The summed E-state index contributed by atoms with van der Waals surface area (Å²) in [5, 5.41) is -0.0246. The highest BCUT2D eigenvalue weighted by atomic mass is 32.2. The van der Waals surface area contributed by atoms with Crippen molar-refractivity contribution in [3.8, 4) is 0 Å². The van der Waals surface area contributed by atoms with Crippen molar-refractivity contribution in [1.29, 1.82) is 0 Å². The van der Waals surface area contributed by atoms with Crippen molar-refractivity contribution in [3.05, 3.63) is 28.5 Å². The van der Waals surface area contributed by atoms with E-state index in [2.05, 4.69) is 4.98 Å². The highest BCUT2D eigenvalue weighted by Gasteiger charge is 2.15. The molecular weight excluding hydrogens is 290 g/mol. The van der Waals surface area contributed by atoms with Gasteiger partial charge < -0.3 is 9.55 Å². The maximum absolute atomic E-state index is 13.8. The summed E-state index contributed by atoms with van der Waals surface area (Å²) in [6, 6.07) is 2.53. The smallest absolute Gasteiger partial charge is 0.184 e. The predicted molar refractivity (Wildman–Crippen MR) is 75.2 cm³/mol. The normalized spacial score (nSPS) is 14.7. The number of aromatic nitrogens is 2. The van der Waals surface area contributed by atoms with E-state index in [4.69, 9.17) is 12.2 Å². The van der Waals surface area contributed by atoms with Crippen LogP contribution in [0.15, 0.2) is 12.1 Å². The second-order valence-corrected chi connectivity index (χ2v) is 6.63. The zero-order valence-electron chi connectivity index (χ0n) is 10.6. The number of aromatic amines is 1. The molecule has 0 aliphatic carbocycles. The van der Waals surface area contributed by atoms with E-state index in [0.29, 0.717) is 23.3 Å². The number of halogens is 2. The number of aryl methyl sites for hydroxylation is 1. The van der Waals surface area contributed by atoms with Gasteiger partial charge >= 0.3 is 0 Å². The standard InChI is InChI=1S/C12H14F2N2OS2/c1-7(19(2)17)5-6-16-11-9(15-12(16)18)4-3-8(13)10(11)14/h3-4,7H,5-6H2,1-2H3,(H,15,18). The number of H-pyrrole nitrogens is 1. The molecule has 0 amide bonds. The van der Waals surface area contributed by atoms with Crippen molar-refractivity contribution in [2.75, 3.05) is 6.26 Å².